The second kappa shape index (κ2) is 7.59. The van der Waals surface area contributed by atoms with Crippen molar-refractivity contribution >= 4 is 5.97 Å². The summed E-state index contributed by atoms with van der Waals surface area (Å²) in [6, 6.07) is 0.105. The van der Waals surface area contributed by atoms with E-state index in [-0.39, 0.29) is 12.0 Å². The maximum atomic E-state index is 12.0. The number of hydrogen-bond acceptors (Lipinski definition) is 4. The number of carbonyl (C=O) groups is 1. The smallest absolute Gasteiger partial charge is 0.307 e. The van der Waals surface area contributed by atoms with Crippen LogP contribution in [0.1, 0.15) is 56.8 Å². The molecule has 0 bridgehead atoms. The van der Waals surface area contributed by atoms with Crippen LogP contribution >= 0.6 is 0 Å². The van der Waals surface area contributed by atoms with Crippen LogP contribution in [0.5, 0.6) is 0 Å². The van der Waals surface area contributed by atoms with E-state index in [9.17, 15) is 4.79 Å². The largest absolute Gasteiger partial charge is 0.466 e. The number of aromatic nitrogens is 2. The third-order valence-corrected chi connectivity index (χ3v) is 4.13. The Labute approximate surface area is 127 Å². The van der Waals surface area contributed by atoms with Gasteiger partial charge in [-0.3, -0.25) is 14.4 Å². The van der Waals surface area contributed by atoms with Crippen LogP contribution in [0.15, 0.2) is 6.20 Å². The molecule has 0 radical (unpaired) electrons. The fourth-order valence-corrected chi connectivity index (χ4v) is 3.15. The summed E-state index contributed by atoms with van der Waals surface area (Å²) in [5, 5.41) is 4.54. The van der Waals surface area contributed by atoms with Gasteiger partial charge in [0.25, 0.3) is 0 Å². The Bertz CT molecular complexity index is 464. The minimum absolute atomic E-state index is 0.105. The topological polar surface area (TPSA) is 47.4 Å². The van der Waals surface area contributed by atoms with Crippen molar-refractivity contribution in [3.05, 3.63) is 17.5 Å². The summed E-state index contributed by atoms with van der Waals surface area (Å²) in [5.41, 5.74) is 2.28. The third kappa shape index (κ3) is 4.06. The molecular weight excluding hydrogens is 266 g/mol. The van der Waals surface area contributed by atoms with Crippen molar-refractivity contribution in [1.29, 1.82) is 0 Å². The fourth-order valence-electron chi connectivity index (χ4n) is 3.15. The maximum Gasteiger partial charge on any atom is 0.307 e. The van der Waals surface area contributed by atoms with Gasteiger partial charge in [0.1, 0.15) is 0 Å². The molecule has 1 aromatic rings. The lowest BCUT2D eigenvalue weighted by Gasteiger charge is -2.34. The number of likely N-dealkylation sites (tertiary alicyclic amines) is 1. The molecular formula is C16H27N3O2. The van der Waals surface area contributed by atoms with Crippen LogP contribution in [0, 0.1) is 0 Å². The molecule has 5 nitrogen and oxygen atoms in total. The predicted octanol–water partition coefficient (Wildman–Crippen LogP) is 2.46. The zero-order chi connectivity index (χ0) is 15.2. The minimum Gasteiger partial charge on any atom is -0.466 e. The number of ether oxygens (including phenoxy) is 1. The van der Waals surface area contributed by atoms with Crippen LogP contribution < -0.4 is 0 Å². The standard InChI is InChI=1S/C16H27N3O2/c1-4-14-13(12-18(3)17-14)15(11-16(20)21-5-2)19-9-7-6-8-10-19/h12,15H,4-11H2,1-3H3. The third-order valence-electron chi connectivity index (χ3n) is 4.13. The number of nitrogens with zero attached hydrogens (tertiary/aromatic N) is 3. The molecule has 2 heterocycles. The molecule has 1 aliphatic heterocycles. The summed E-state index contributed by atoms with van der Waals surface area (Å²) in [7, 11) is 1.94. The Hall–Kier alpha value is -1.36. The van der Waals surface area contributed by atoms with E-state index in [0.717, 1.165) is 25.2 Å². The van der Waals surface area contributed by atoms with Crippen molar-refractivity contribution in [2.24, 2.45) is 7.05 Å². The van der Waals surface area contributed by atoms with Crippen molar-refractivity contribution in [2.45, 2.75) is 52.0 Å². The van der Waals surface area contributed by atoms with Crippen LogP contribution in [-0.2, 0) is 23.0 Å². The van der Waals surface area contributed by atoms with E-state index in [1.807, 2.05) is 18.7 Å². The molecule has 1 fully saturated rings. The van der Waals surface area contributed by atoms with Gasteiger partial charge in [0.15, 0.2) is 0 Å². The highest BCUT2D eigenvalue weighted by molar-refractivity contribution is 5.70. The summed E-state index contributed by atoms with van der Waals surface area (Å²) in [5.74, 6) is -0.112. The Morgan fingerprint density at radius 1 is 1.33 bits per heavy atom. The van der Waals surface area contributed by atoms with Crippen molar-refractivity contribution < 1.29 is 9.53 Å². The number of esters is 1. The Balaban J connectivity index is 2.22. The van der Waals surface area contributed by atoms with Gasteiger partial charge in [0.05, 0.1) is 18.7 Å². The highest BCUT2D eigenvalue weighted by Crippen LogP contribution is 2.30. The quantitative estimate of drug-likeness (QED) is 0.756. The molecule has 0 aromatic carbocycles. The maximum absolute atomic E-state index is 12.0. The lowest BCUT2D eigenvalue weighted by atomic mass is 9.98. The van der Waals surface area contributed by atoms with Crippen LogP contribution in [0.4, 0.5) is 0 Å². The molecule has 0 spiro atoms. The zero-order valence-electron chi connectivity index (χ0n) is 13.5. The monoisotopic (exact) mass is 293 g/mol. The van der Waals surface area contributed by atoms with Gasteiger partial charge in [-0.15, -0.1) is 0 Å². The zero-order valence-corrected chi connectivity index (χ0v) is 13.5. The normalized spacial score (nSPS) is 17.7. The average molecular weight is 293 g/mol. The van der Waals surface area contributed by atoms with E-state index in [1.54, 1.807) is 0 Å². The van der Waals surface area contributed by atoms with E-state index >= 15 is 0 Å². The molecule has 1 saturated heterocycles. The van der Waals surface area contributed by atoms with E-state index < -0.39 is 0 Å². The van der Waals surface area contributed by atoms with Gasteiger partial charge in [0.2, 0.25) is 0 Å². The number of piperidine rings is 1. The lowest BCUT2D eigenvalue weighted by molar-refractivity contribution is -0.144. The van der Waals surface area contributed by atoms with Crippen LogP contribution in [-0.4, -0.2) is 40.3 Å². The Morgan fingerprint density at radius 2 is 2.05 bits per heavy atom. The molecule has 0 amide bonds. The molecule has 1 unspecified atom stereocenters. The fraction of sp³-hybridized carbons (Fsp3) is 0.750. The molecule has 5 heteroatoms. The molecule has 2 rings (SSSR count). The van der Waals surface area contributed by atoms with Crippen molar-refractivity contribution in [3.8, 4) is 0 Å². The molecule has 1 atom stereocenters. The summed E-state index contributed by atoms with van der Waals surface area (Å²) in [6.07, 6.45) is 7.09. The van der Waals surface area contributed by atoms with Crippen LogP contribution in [0.25, 0.3) is 0 Å². The molecule has 0 saturated carbocycles. The van der Waals surface area contributed by atoms with Gasteiger partial charge in [-0.2, -0.15) is 5.10 Å². The first-order valence-corrected chi connectivity index (χ1v) is 8.07. The van der Waals surface area contributed by atoms with Gasteiger partial charge in [-0.1, -0.05) is 13.3 Å². The van der Waals surface area contributed by atoms with Crippen molar-refractivity contribution in [1.82, 2.24) is 14.7 Å². The van der Waals surface area contributed by atoms with Gasteiger partial charge in [0, 0.05) is 24.8 Å². The van der Waals surface area contributed by atoms with E-state index in [4.69, 9.17) is 4.74 Å². The highest BCUT2D eigenvalue weighted by atomic mass is 16.5. The average Bonchev–Trinajstić information content (AvgIpc) is 2.87. The first kappa shape index (κ1) is 16.0. The first-order chi connectivity index (χ1) is 10.2. The Kier molecular flexibility index (Phi) is 5.79. The molecule has 0 N–H and O–H groups in total. The SMILES string of the molecule is CCOC(=O)CC(c1cn(C)nc1CC)N1CCCCC1. The second-order valence-electron chi connectivity index (χ2n) is 5.68. The second-order valence-corrected chi connectivity index (χ2v) is 5.68. The molecule has 0 aliphatic carbocycles. The molecule has 1 aliphatic rings. The minimum atomic E-state index is -0.112. The van der Waals surface area contributed by atoms with Crippen LogP contribution in [0.2, 0.25) is 0 Å². The number of aryl methyl sites for hydroxylation is 2. The van der Waals surface area contributed by atoms with E-state index in [1.165, 1.54) is 24.8 Å². The molecule has 21 heavy (non-hydrogen) atoms. The van der Waals surface area contributed by atoms with Gasteiger partial charge >= 0.3 is 5.97 Å². The Morgan fingerprint density at radius 3 is 2.67 bits per heavy atom. The highest BCUT2D eigenvalue weighted by Gasteiger charge is 2.28. The summed E-state index contributed by atoms with van der Waals surface area (Å²) in [4.78, 5) is 14.4. The summed E-state index contributed by atoms with van der Waals surface area (Å²) in [6.45, 7) is 6.53. The van der Waals surface area contributed by atoms with E-state index in [0.29, 0.717) is 13.0 Å². The van der Waals surface area contributed by atoms with Gasteiger partial charge in [-0.05, 0) is 39.3 Å². The van der Waals surface area contributed by atoms with E-state index in [2.05, 4.69) is 23.1 Å². The van der Waals surface area contributed by atoms with Gasteiger partial charge in [-0.25, -0.2) is 0 Å². The first-order valence-electron chi connectivity index (χ1n) is 8.07. The van der Waals surface area contributed by atoms with Crippen molar-refractivity contribution in [2.75, 3.05) is 19.7 Å². The molecule has 118 valence electrons. The number of rotatable bonds is 6. The summed E-state index contributed by atoms with van der Waals surface area (Å²) < 4.78 is 7.03. The van der Waals surface area contributed by atoms with Crippen molar-refractivity contribution in [3.63, 3.8) is 0 Å². The predicted molar refractivity (Wildman–Crippen MR) is 82.0 cm³/mol. The van der Waals surface area contributed by atoms with Gasteiger partial charge < -0.3 is 4.74 Å². The number of hydrogen-bond donors (Lipinski definition) is 0. The number of carbonyl (C=O) groups excluding carboxylic acids is 1. The lowest BCUT2D eigenvalue weighted by Crippen LogP contribution is -2.35. The van der Waals surface area contributed by atoms with Crippen LogP contribution in [0.3, 0.4) is 0 Å². The summed E-state index contributed by atoms with van der Waals surface area (Å²) >= 11 is 0. The molecule has 1 aromatic heterocycles.